The van der Waals surface area contributed by atoms with Crippen molar-refractivity contribution in [3.05, 3.63) is 28.5 Å². The van der Waals surface area contributed by atoms with Crippen molar-refractivity contribution in [1.82, 2.24) is 10.3 Å². The van der Waals surface area contributed by atoms with E-state index in [1.165, 1.54) is 19.3 Å². The van der Waals surface area contributed by atoms with Crippen LogP contribution in [-0.2, 0) is 0 Å². The Kier molecular flexibility index (Phi) is 4.09. The lowest BCUT2D eigenvalue weighted by Gasteiger charge is -2.40. The Morgan fingerprint density at radius 3 is 2.94 bits per heavy atom. The molecule has 1 amide bonds. The van der Waals surface area contributed by atoms with Gasteiger partial charge >= 0.3 is 0 Å². The van der Waals surface area contributed by atoms with E-state index in [-0.39, 0.29) is 10.7 Å². The highest BCUT2D eigenvalue weighted by Crippen LogP contribution is 2.42. The van der Waals surface area contributed by atoms with Crippen LogP contribution in [0.2, 0.25) is 0 Å². The van der Waals surface area contributed by atoms with E-state index in [1.807, 2.05) is 17.8 Å². The Morgan fingerprint density at radius 1 is 1.65 bits per heavy atom. The first-order valence-electron chi connectivity index (χ1n) is 5.61. The summed E-state index contributed by atoms with van der Waals surface area (Å²) in [6, 6.07) is 3.63. The molecule has 1 N–H and O–H groups in total. The quantitative estimate of drug-likeness (QED) is 0.929. The van der Waals surface area contributed by atoms with Gasteiger partial charge in [-0.2, -0.15) is 11.8 Å². The van der Waals surface area contributed by atoms with Crippen LogP contribution in [0.25, 0.3) is 0 Å². The summed E-state index contributed by atoms with van der Waals surface area (Å²) in [6.45, 7) is 0.732. The number of nitrogens with zero attached hydrogens (tertiary/aromatic N) is 1. The fraction of sp³-hybridized carbons (Fsp3) is 0.500. The van der Waals surface area contributed by atoms with Gasteiger partial charge in [-0.25, -0.2) is 4.98 Å². The first-order chi connectivity index (χ1) is 8.17. The lowest BCUT2D eigenvalue weighted by atomic mass is 9.84. The summed E-state index contributed by atoms with van der Waals surface area (Å²) >= 11 is 5.19. The number of thioether (sulfide) groups is 1. The molecule has 1 fully saturated rings. The molecule has 0 radical (unpaired) electrons. The van der Waals surface area contributed by atoms with Gasteiger partial charge in [-0.1, -0.05) is 6.42 Å². The van der Waals surface area contributed by atoms with Gasteiger partial charge in [0.05, 0.1) is 0 Å². The zero-order valence-corrected chi connectivity index (χ0v) is 12.1. The van der Waals surface area contributed by atoms with Crippen LogP contribution in [0.4, 0.5) is 0 Å². The molecule has 0 unspecified atom stereocenters. The summed E-state index contributed by atoms with van der Waals surface area (Å²) < 4.78 is 1.00. The molecule has 3 nitrogen and oxygen atoms in total. The molecule has 1 aliphatic carbocycles. The normalized spacial score (nSPS) is 17.3. The summed E-state index contributed by atoms with van der Waals surface area (Å²) in [5, 5.41) is 2.98. The van der Waals surface area contributed by atoms with Crippen molar-refractivity contribution in [2.45, 2.75) is 24.0 Å². The number of halogens is 1. The van der Waals surface area contributed by atoms with Crippen LogP contribution in [-0.4, -0.2) is 28.4 Å². The van der Waals surface area contributed by atoms with Crippen LogP contribution in [0.5, 0.6) is 0 Å². The average Bonchev–Trinajstić information content (AvgIpc) is 2.28. The van der Waals surface area contributed by atoms with E-state index in [0.717, 1.165) is 11.0 Å². The molecule has 1 aromatic rings. The maximum absolute atomic E-state index is 12.0. The molecule has 92 valence electrons. The first kappa shape index (κ1) is 12.9. The largest absolute Gasteiger partial charge is 0.349 e. The van der Waals surface area contributed by atoms with E-state index in [4.69, 9.17) is 0 Å². The maximum Gasteiger partial charge on any atom is 0.271 e. The summed E-state index contributed by atoms with van der Waals surface area (Å²) in [5.41, 5.74) is 0.461. The van der Waals surface area contributed by atoms with Gasteiger partial charge in [-0.3, -0.25) is 4.79 Å². The molecule has 17 heavy (non-hydrogen) atoms. The molecule has 0 aromatic carbocycles. The Morgan fingerprint density at radius 2 is 2.41 bits per heavy atom. The highest BCUT2D eigenvalue weighted by atomic mass is 79.9. The zero-order chi connectivity index (χ0) is 12.3. The topological polar surface area (TPSA) is 42.0 Å². The molecular formula is C12H15BrN2OS. The van der Waals surface area contributed by atoms with Crippen molar-refractivity contribution in [3.63, 3.8) is 0 Å². The summed E-state index contributed by atoms with van der Waals surface area (Å²) in [4.78, 5) is 16.0. The average molecular weight is 315 g/mol. The van der Waals surface area contributed by atoms with E-state index in [0.29, 0.717) is 5.69 Å². The standard InChI is InChI=1S/C12H15BrN2OS/c1-17-12(5-3-6-12)8-15-11(16)10-9(13)4-2-7-14-10/h2,4,7H,3,5-6,8H2,1H3,(H,15,16). The van der Waals surface area contributed by atoms with Crippen molar-refractivity contribution < 1.29 is 4.79 Å². The molecule has 5 heteroatoms. The van der Waals surface area contributed by atoms with E-state index in [9.17, 15) is 4.79 Å². The molecule has 1 aromatic heterocycles. The third-order valence-electron chi connectivity index (χ3n) is 3.24. The smallest absolute Gasteiger partial charge is 0.271 e. The molecule has 2 rings (SSSR count). The van der Waals surface area contributed by atoms with Gasteiger partial charge in [-0.15, -0.1) is 0 Å². The SMILES string of the molecule is CSC1(CNC(=O)c2ncccc2Br)CCC1. The highest BCUT2D eigenvalue weighted by molar-refractivity contribution is 9.10. The number of rotatable bonds is 4. The monoisotopic (exact) mass is 314 g/mol. The second-order valence-electron chi connectivity index (χ2n) is 4.26. The van der Waals surface area contributed by atoms with Crippen LogP contribution in [0.15, 0.2) is 22.8 Å². The molecule has 0 saturated heterocycles. The fourth-order valence-corrected chi connectivity index (χ4v) is 3.25. The van der Waals surface area contributed by atoms with E-state index < -0.39 is 0 Å². The molecule has 1 aliphatic rings. The molecule has 0 bridgehead atoms. The van der Waals surface area contributed by atoms with Crippen molar-refractivity contribution in [2.24, 2.45) is 0 Å². The number of amides is 1. The summed E-state index contributed by atoms with van der Waals surface area (Å²) in [7, 11) is 0. The highest BCUT2D eigenvalue weighted by Gasteiger charge is 2.36. The zero-order valence-electron chi connectivity index (χ0n) is 9.70. The van der Waals surface area contributed by atoms with Gasteiger partial charge in [0.2, 0.25) is 0 Å². The molecular weight excluding hydrogens is 300 g/mol. The third kappa shape index (κ3) is 2.83. The number of hydrogen-bond donors (Lipinski definition) is 1. The van der Waals surface area contributed by atoms with E-state index in [2.05, 4.69) is 32.5 Å². The van der Waals surface area contributed by atoms with E-state index in [1.54, 1.807) is 12.3 Å². The number of carbonyl (C=O) groups is 1. The number of carbonyl (C=O) groups excluding carboxylic acids is 1. The van der Waals surface area contributed by atoms with E-state index >= 15 is 0 Å². The van der Waals surface area contributed by atoms with Crippen LogP contribution in [0.1, 0.15) is 29.8 Å². The van der Waals surface area contributed by atoms with Gasteiger partial charge in [0.25, 0.3) is 5.91 Å². The molecule has 0 atom stereocenters. The lowest BCUT2D eigenvalue weighted by Crippen LogP contribution is -2.45. The molecule has 0 aliphatic heterocycles. The first-order valence-corrected chi connectivity index (χ1v) is 7.62. The fourth-order valence-electron chi connectivity index (χ4n) is 1.90. The summed E-state index contributed by atoms with van der Waals surface area (Å²) in [6.07, 6.45) is 7.40. The van der Waals surface area contributed by atoms with Crippen LogP contribution in [0.3, 0.4) is 0 Å². The second kappa shape index (κ2) is 5.40. The van der Waals surface area contributed by atoms with Crippen LogP contribution in [0, 0.1) is 0 Å². The molecule has 1 heterocycles. The number of hydrogen-bond acceptors (Lipinski definition) is 3. The van der Waals surface area contributed by atoms with Gasteiger partial charge in [0, 0.05) is 22.0 Å². The molecule has 1 saturated carbocycles. The Labute approximate surface area is 114 Å². The van der Waals surface area contributed by atoms with Gasteiger partial charge in [-0.05, 0) is 47.2 Å². The second-order valence-corrected chi connectivity index (χ2v) is 6.39. The third-order valence-corrected chi connectivity index (χ3v) is 5.30. The van der Waals surface area contributed by atoms with Crippen molar-refractivity contribution in [1.29, 1.82) is 0 Å². The van der Waals surface area contributed by atoms with Crippen molar-refractivity contribution in [2.75, 3.05) is 12.8 Å². The number of nitrogens with one attached hydrogen (secondary N) is 1. The number of aromatic nitrogens is 1. The molecule has 0 spiro atoms. The van der Waals surface area contributed by atoms with Crippen molar-refractivity contribution in [3.8, 4) is 0 Å². The van der Waals surface area contributed by atoms with Crippen LogP contribution < -0.4 is 5.32 Å². The van der Waals surface area contributed by atoms with Crippen LogP contribution >= 0.6 is 27.7 Å². The van der Waals surface area contributed by atoms with Crippen molar-refractivity contribution >= 4 is 33.6 Å². The number of pyridine rings is 1. The predicted molar refractivity (Wildman–Crippen MR) is 74.4 cm³/mol. The predicted octanol–water partition coefficient (Wildman–Crippen LogP) is 2.86. The minimum Gasteiger partial charge on any atom is -0.349 e. The Hall–Kier alpha value is -0.550. The Bertz CT molecular complexity index is 415. The van der Waals surface area contributed by atoms with Gasteiger partial charge < -0.3 is 5.32 Å². The van der Waals surface area contributed by atoms with Gasteiger partial charge in [0.15, 0.2) is 0 Å². The minimum atomic E-state index is -0.0993. The maximum atomic E-state index is 12.0. The lowest BCUT2D eigenvalue weighted by molar-refractivity contribution is 0.0938. The Balaban J connectivity index is 1.96. The summed E-state index contributed by atoms with van der Waals surface area (Å²) in [5.74, 6) is -0.0993. The van der Waals surface area contributed by atoms with Gasteiger partial charge in [0.1, 0.15) is 5.69 Å². The minimum absolute atomic E-state index is 0.0993.